The molecule has 0 unspecified atom stereocenters. The molecule has 0 atom stereocenters. The highest BCUT2D eigenvalue weighted by molar-refractivity contribution is 7.99. The summed E-state index contributed by atoms with van der Waals surface area (Å²) in [5.74, 6) is 2.06. The molecule has 0 N–H and O–H groups in total. The number of rotatable bonds is 11. The maximum absolute atomic E-state index is 5.74. The van der Waals surface area contributed by atoms with Crippen molar-refractivity contribution in [1.82, 2.24) is 10.2 Å². The van der Waals surface area contributed by atoms with Crippen LogP contribution in [0, 0.1) is 5.92 Å². The lowest BCUT2D eigenvalue weighted by Crippen LogP contribution is -2.21. The zero-order valence-electron chi connectivity index (χ0n) is 15.7. The lowest BCUT2D eigenvalue weighted by Gasteiger charge is -2.20. The molecular formula is C19H29N3O2S. The number of benzene rings is 1. The largest absolute Gasteiger partial charge is 0.411 e. The van der Waals surface area contributed by atoms with Gasteiger partial charge in [-0.3, -0.25) is 0 Å². The van der Waals surface area contributed by atoms with Crippen LogP contribution < -0.4 is 4.90 Å². The third-order valence-corrected chi connectivity index (χ3v) is 4.72. The monoisotopic (exact) mass is 363 g/mol. The van der Waals surface area contributed by atoms with Gasteiger partial charge < -0.3 is 14.1 Å². The highest BCUT2D eigenvalue weighted by Gasteiger charge is 2.10. The summed E-state index contributed by atoms with van der Waals surface area (Å²) < 4.78 is 11.3. The molecule has 0 saturated heterocycles. The molecular weight excluding hydrogens is 334 g/mol. The van der Waals surface area contributed by atoms with Crippen molar-refractivity contribution in [2.45, 2.75) is 39.3 Å². The van der Waals surface area contributed by atoms with E-state index < -0.39 is 0 Å². The Morgan fingerprint density at radius 1 is 1.08 bits per heavy atom. The average molecular weight is 364 g/mol. The number of anilines is 1. The van der Waals surface area contributed by atoms with E-state index in [1.54, 1.807) is 0 Å². The first-order valence-electron chi connectivity index (χ1n) is 9.03. The first-order valence-corrected chi connectivity index (χ1v) is 10.0. The number of ether oxygens (including phenoxy) is 1. The maximum Gasteiger partial charge on any atom is 0.276 e. The van der Waals surface area contributed by atoms with Gasteiger partial charge in [-0.25, -0.2) is 0 Å². The van der Waals surface area contributed by atoms with Gasteiger partial charge in [0.1, 0.15) is 0 Å². The highest BCUT2D eigenvalue weighted by atomic mass is 32.2. The number of hydrogen-bond acceptors (Lipinski definition) is 6. The minimum atomic E-state index is 0.564. The Morgan fingerprint density at radius 2 is 1.80 bits per heavy atom. The van der Waals surface area contributed by atoms with Gasteiger partial charge in [-0.2, -0.15) is 0 Å². The number of aromatic nitrogens is 2. The number of nitrogens with zero attached hydrogens (tertiary/aromatic N) is 3. The van der Waals surface area contributed by atoms with Crippen molar-refractivity contribution in [3.63, 3.8) is 0 Å². The summed E-state index contributed by atoms with van der Waals surface area (Å²) in [4.78, 5) is 2.30. The molecule has 0 radical (unpaired) electrons. The second-order valence-electron chi connectivity index (χ2n) is 6.24. The molecule has 0 saturated carbocycles. The van der Waals surface area contributed by atoms with Crippen molar-refractivity contribution in [1.29, 1.82) is 0 Å². The molecule has 2 aromatic rings. The van der Waals surface area contributed by atoms with Crippen molar-refractivity contribution in [2.24, 2.45) is 5.92 Å². The average Bonchev–Trinajstić information content (AvgIpc) is 3.08. The Kier molecular flexibility index (Phi) is 8.28. The highest BCUT2D eigenvalue weighted by Crippen LogP contribution is 2.25. The van der Waals surface area contributed by atoms with Crippen LogP contribution in [0.15, 0.2) is 33.9 Å². The summed E-state index contributed by atoms with van der Waals surface area (Å²) in [6, 6.07) is 8.26. The van der Waals surface area contributed by atoms with E-state index in [9.17, 15) is 0 Å². The van der Waals surface area contributed by atoms with E-state index in [2.05, 4.69) is 54.9 Å². The van der Waals surface area contributed by atoms with E-state index in [0.717, 1.165) is 37.4 Å². The minimum Gasteiger partial charge on any atom is -0.411 e. The van der Waals surface area contributed by atoms with Crippen LogP contribution >= 0.6 is 11.8 Å². The van der Waals surface area contributed by atoms with E-state index in [4.69, 9.17) is 9.15 Å². The SMILES string of the molecule is CCN(CC)c1ccc(-c2nnc(SCCOCCC(C)C)o2)cc1. The van der Waals surface area contributed by atoms with Gasteiger partial charge in [-0.05, 0) is 50.5 Å². The second kappa shape index (κ2) is 10.5. The van der Waals surface area contributed by atoms with Crippen molar-refractivity contribution >= 4 is 17.4 Å². The van der Waals surface area contributed by atoms with Crippen molar-refractivity contribution in [3.8, 4) is 11.5 Å². The molecule has 0 spiro atoms. The molecule has 0 aliphatic rings. The second-order valence-corrected chi connectivity index (χ2v) is 7.28. The Hall–Kier alpha value is -1.53. The number of hydrogen-bond donors (Lipinski definition) is 0. The predicted molar refractivity (Wildman–Crippen MR) is 104 cm³/mol. The third-order valence-electron chi connectivity index (χ3n) is 3.94. The summed E-state index contributed by atoms with van der Waals surface area (Å²) in [6.07, 6.45) is 1.10. The van der Waals surface area contributed by atoms with Crippen LogP contribution in [0.25, 0.3) is 11.5 Å². The topological polar surface area (TPSA) is 51.4 Å². The molecule has 25 heavy (non-hydrogen) atoms. The van der Waals surface area contributed by atoms with Crippen molar-refractivity contribution < 1.29 is 9.15 Å². The van der Waals surface area contributed by atoms with Crippen LogP contribution in [0.1, 0.15) is 34.1 Å². The Bertz CT molecular complexity index is 609. The van der Waals surface area contributed by atoms with Crippen LogP contribution in [0.2, 0.25) is 0 Å². The molecule has 0 amide bonds. The van der Waals surface area contributed by atoms with E-state index in [1.807, 2.05) is 12.1 Å². The lowest BCUT2D eigenvalue weighted by atomic mass is 10.1. The molecule has 1 aromatic heterocycles. The van der Waals surface area contributed by atoms with Gasteiger partial charge in [-0.15, -0.1) is 10.2 Å². The fourth-order valence-corrected chi connectivity index (χ4v) is 3.01. The Balaban J connectivity index is 1.82. The smallest absolute Gasteiger partial charge is 0.276 e. The fraction of sp³-hybridized carbons (Fsp3) is 0.579. The van der Waals surface area contributed by atoms with Gasteiger partial charge in [0.2, 0.25) is 5.89 Å². The standard InChI is InChI=1S/C19H29N3O2S/c1-5-22(6-2)17-9-7-16(8-10-17)18-20-21-19(24-18)25-14-13-23-12-11-15(3)4/h7-10,15H,5-6,11-14H2,1-4H3. The molecule has 0 fully saturated rings. The van der Waals surface area contributed by atoms with E-state index in [-0.39, 0.29) is 0 Å². The van der Waals surface area contributed by atoms with Crippen LogP contribution in [0.4, 0.5) is 5.69 Å². The maximum atomic E-state index is 5.74. The van der Waals surface area contributed by atoms with Gasteiger partial charge >= 0.3 is 0 Å². The van der Waals surface area contributed by atoms with Gasteiger partial charge in [0.25, 0.3) is 5.22 Å². The van der Waals surface area contributed by atoms with Crippen LogP contribution in [0.5, 0.6) is 0 Å². The molecule has 0 bridgehead atoms. The molecule has 0 aliphatic carbocycles. The summed E-state index contributed by atoms with van der Waals surface area (Å²) in [7, 11) is 0. The first-order chi connectivity index (χ1) is 12.1. The minimum absolute atomic E-state index is 0.564. The first kappa shape index (κ1) is 19.8. The molecule has 1 heterocycles. The zero-order chi connectivity index (χ0) is 18.1. The molecule has 0 aliphatic heterocycles. The van der Waals surface area contributed by atoms with Crippen LogP contribution in [0.3, 0.4) is 0 Å². The molecule has 1 aromatic carbocycles. The summed E-state index contributed by atoms with van der Waals surface area (Å²) >= 11 is 1.54. The van der Waals surface area contributed by atoms with Gasteiger partial charge in [0.05, 0.1) is 6.61 Å². The summed E-state index contributed by atoms with van der Waals surface area (Å²) in [5.41, 5.74) is 2.16. The van der Waals surface area contributed by atoms with E-state index >= 15 is 0 Å². The molecule has 5 nitrogen and oxygen atoms in total. The normalized spacial score (nSPS) is 11.2. The summed E-state index contributed by atoms with van der Waals surface area (Å²) in [5, 5.41) is 8.85. The van der Waals surface area contributed by atoms with E-state index in [0.29, 0.717) is 23.6 Å². The van der Waals surface area contributed by atoms with Gasteiger partial charge in [-0.1, -0.05) is 25.6 Å². The Labute approximate surface area is 155 Å². The fourth-order valence-electron chi connectivity index (χ4n) is 2.40. The predicted octanol–water partition coefficient (Wildman–Crippen LogP) is 4.74. The van der Waals surface area contributed by atoms with Crippen molar-refractivity contribution in [2.75, 3.05) is 37.0 Å². The van der Waals surface area contributed by atoms with Crippen LogP contribution in [-0.2, 0) is 4.74 Å². The molecule has 138 valence electrons. The van der Waals surface area contributed by atoms with Gasteiger partial charge in [0, 0.05) is 36.7 Å². The van der Waals surface area contributed by atoms with Crippen molar-refractivity contribution in [3.05, 3.63) is 24.3 Å². The number of thioether (sulfide) groups is 1. The summed E-state index contributed by atoms with van der Waals surface area (Å²) in [6.45, 7) is 12.2. The molecule has 6 heteroatoms. The zero-order valence-corrected chi connectivity index (χ0v) is 16.5. The Morgan fingerprint density at radius 3 is 2.44 bits per heavy atom. The quantitative estimate of drug-likeness (QED) is 0.425. The van der Waals surface area contributed by atoms with Gasteiger partial charge in [0.15, 0.2) is 0 Å². The van der Waals surface area contributed by atoms with Crippen LogP contribution in [-0.4, -0.2) is 42.3 Å². The molecule has 2 rings (SSSR count). The third kappa shape index (κ3) is 6.36. The van der Waals surface area contributed by atoms with E-state index in [1.165, 1.54) is 17.4 Å². The lowest BCUT2D eigenvalue weighted by molar-refractivity contribution is 0.138.